The lowest BCUT2D eigenvalue weighted by Gasteiger charge is -2.35. The Labute approximate surface area is 207 Å². The Morgan fingerprint density at radius 3 is 2.56 bits per heavy atom. The van der Waals surface area contributed by atoms with E-state index in [2.05, 4.69) is 15.4 Å². The lowest BCUT2D eigenvalue weighted by atomic mass is 9.95. The summed E-state index contributed by atoms with van der Waals surface area (Å²) in [6.45, 7) is 3.54. The van der Waals surface area contributed by atoms with Gasteiger partial charge in [0.15, 0.2) is 0 Å². The van der Waals surface area contributed by atoms with Crippen molar-refractivity contribution in [2.45, 2.75) is 19.9 Å². The van der Waals surface area contributed by atoms with Gasteiger partial charge in [-0.1, -0.05) is 42.5 Å². The Kier molecular flexibility index (Phi) is 6.20. The SMILES string of the molecule is CCOC(=O)C1=C(C)N(CC(=O)Nc2ccc3ccccc3c2)c2ncnn2[C@@H]1c1ccc(F)cc1. The molecule has 8 nitrogen and oxygen atoms in total. The smallest absolute Gasteiger partial charge is 0.338 e. The molecule has 4 aromatic rings. The molecule has 0 saturated heterocycles. The number of carbonyl (C=O) groups excluding carboxylic acids is 2. The Bertz CT molecular complexity index is 1480. The molecule has 0 fully saturated rings. The second kappa shape index (κ2) is 9.61. The maximum absolute atomic E-state index is 13.6. The van der Waals surface area contributed by atoms with Crippen molar-refractivity contribution in [3.63, 3.8) is 0 Å². The number of halogens is 1. The normalized spacial score (nSPS) is 15.1. The van der Waals surface area contributed by atoms with E-state index in [-0.39, 0.29) is 19.1 Å². The molecule has 1 N–H and O–H groups in total. The van der Waals surface area contributed by atoms with Crippen LogP contribution in [0.3, 0.4) is 0 Å². The number of nitrogens with zero attached hydrogens (tertiary/aromatic N) is 4. The molecule has 1 aromatic heterocycles. The van der Waals surface area contributed by atoms with Gasteiger partial charge in [0.05, 0.1) is 12.2 Å². The van der Waals surface area contributed by atoms with Crippen LogP contribution in [0.2, 0.25) is 0 Å². The van der Waals surface area contributed by atoms with Crippen molar-refractivity contribution in [1.29, 1.82) is 0 Å². The number of rotatable bonds is 6. The fourth-order valence-corrected chi connectivity index (χ4v) is 4.46. The van der Waals surface area contributed by atoms with E-state index >= 15 is 0 Å². The van der Waals surface area contributed by atoms with E-state index in [0.717, 1.165) is 10.8 Å². The average Bonchev–Trinajstić information content (AvgIpc) is 3.35. The number of hydrogen-bond donors (Lipinski definition) is 1. The van der Waals surface area contributed by atoms with Gasteiger partial charge in [-0.25, -0.2) is 13.9 Å². The minimum atomic E-state index is -0.679. The number of aromatic nitrogens is 3. The van der Waals surface area contributed by atoms with Crippen LogP contribution in [0.4, 0.5) is 16.0 Å². The second-order valence-corrected chi connectivity index (χ2v) is 8.37. The van der Waals surface area contributed by atoms with E-state index < -0.39 is 17.8 Å². The van der Waals surface area contributed by atoms with Gasteiger partial charge in [0.25, 0.3) is 0 Å². The molecule has 1 amide bonds. The van der Waals surface area contributed by atoms with Crippen molar-refractivity contribution < 1.29 is 18.7 Å². The zero-order valence-electron chi connectivity index (χ0n) is 19.8. The molecule has 1 atom stereocenters. The van der Waals surface area contributed by atoms with Crippen LogP contribution in [-0.4, -0.2) is 39.8 Å². The monoisotopic (exact) mass is 485 g/mol. The number of hydrogen-bond acceptors (Lipinski definition) is 6. The molecule has 1 aliphatic rings. The van der Waals surface area contributed by atoms with Crippen molar-refractivity contribution in [2.24, 2.45) is 0 Å². The van der Waals surface area contributed by atoms with Gasteiger partial charge in [-0.15, -0.1) is 0 Å². The van der Waals surface area contributed by atoms with Gasteiger partial charge in [-0.2, -0.15) is 10.1 Å². The highest BCUT2D eigenvalue weighted by molar-refractivity contribution is 5.98. The van der Waals surface area contributed by atoms with Crippen LogP contribution in [0.5, 0.6) is 0 Å². The zero-order valence-corrected chi connectivity index (χ0v) is 19.8. The summed E-state index contributed by atoms with van der Waals surface area (Å²) in [4.78, 5) is 32.2. The third-order valence-electron chi connectivity index (χ3n) is 6.12. The molecule has 9 heteroatoms. The molecule has 0 saturated carbocycles. The largest absolute Gasteiger partial charge is 0.463 e. The first-order chi connectivity index (χ1) is 17.5. The third-order valence-corrected chi connectivity index (χ3v) is 6.12. The summed E-state index contributed by atoms with van der Waals surface area (Å²) in [6, 6.07) is 18.7. The highest BCUT2D eigenvalue weighted by atomic mass is 19.1. The van der Waals surface area contributed by atoms with E-state index in [1.54, 1.807) is 35.6 Å². The van der Waals surface area contributed by atoms with Crippen LogP contribution >= 0.6 is 0 Å². The van der Waals surface area contributed by atoms with Gasteiger partial charge in [0.1, 0.15) is 24.7 Å². The minimum Gasteiger partial charge on any atom is -0.463 e. The molecule has 1 aliphatic heterocycles. The maximum atomic E-state index is 13.6. The van der Waals surface area contributed by atoms with Crippen molar-refractivity contribution in [3.8, 4) is 0 Å². The first kappa shape index (κ1) is 23.2. The van der Waals surface area contributed by atoms with Crippen LogP contribution in [0.1, 0.15) is 25.5 Å². The van der Waals surface area contributed by atoms with Gasteiger partial charge >= 0.3 is 5.97 Å². The van der Waals surface area contributed by atoms with Gasteiger partial charge in [0, 0.05) is 11.4 Å². The molecule has 0 unspecified atom stereocenters. The second-order valence-electron chi connectivity index (χ2n) is 8.37. The van der Waals surface area contributed by atoms with Gasteiger partial charge < -0.3 is 15.0 Å². The number of allylic oxidation sites excluding steroid dienone is 1. The summed E-state index contributed by atoms with van der Waals surface area (Å²) < 4.78 is 20.5. The molecular weight excluding hydrogens is 461 g/mol. The predicted octanol–water partition coefficient (Wildman–Crippen LogP) is 4.46. The standard InChI is InChI=1S/C27H24FN5O3/c1-3-36-26(35)24-17(2)32(15-23(34)31-22-13-10-18-6-4-5-7-20(18)14-22)27-29-16-30-33(27)25(24)19-8-11-21(28)12-9-19/h4-14,16,25H,3,15H2,1-2H3,(H,31,34)/t25-/m1/s1. The lowest BCUT2D eigenvalue weighted by Crippen LogP contribution is -2.40. The molecule has 0 radical (unpaired) electrons. The lowest BCUT2D eigenvalue weighted by molar-refractivity contribution is -0.139. The van der Waals surface area contributed by atoms with Gasteiger partial charge in [-0.05, 0) is 54.4 Å². The summed E-state index contributed by atoms with van der Waals surface area (Å²) in [5.74, 6) is -0.824. The Morgan fingerprint density at radius 1 is 1.06 bits per heavy atom. The molecule has 0 aliphatic carbocycles. The molecular formula is C27H24FN5O3. The van der Waals surface area contributed by atoms with Crippen LogP contribution in [-0.2, 0) is 14.3 Å². The number of benzene rings is 3. The van der Waals surface area contributed by atoms with Crippen molar-refractivity contribution in [1.82, 2.24) is 14.8 Å². The highest BCUT2D eigenvalue weighted by Gasteiger charge is 2.38. The summed E-state index contributed by atoms with van der Waals surface area (Å²) in [5.41, 5.74) is 2.12. The molecule has 3 aromatic carbocycles. The van der Waals surface area contributed by atoms with E-state index in [0.29, 0.717) is 28.5 Å². The van der Waals surface area contributed by atoms with Crippen molar-refractivity contribution >= 4 is 34.3 Å². The predicted molar refractivity (Wildman–Crippen MR) is 134 cm³/mol. The molecule has 5 rings (SSSR count). The highest BCUT2D eigenvalue weighted by Crippen LogP contribution is 2.38. The van der Waals surface area contributed by atoms with Gasteiger partial charge in [-0.3, -0.25) is 4.79 Å². The number of fused-ring (bicyclic) bond motifs is 2. The number of esters is 1. The molecule has 182 valence electrons. The first-order valence-electron chi connectivity index (χ1n) is 11.6. The van der Waals surface area contributed by atoms with E-state index in [1.165, 1.54) is 18.5 Å². The number of ether oxygens (including phenoxy) is 1. The summed E-state index contributed by atoms with van der Waals surface area (Å²) in [5, 5.41) is 9.34. The van der Waals surface area contributed by atoms with E-state index in [4.69, 9.17) is 4.74 Å². The third kappa shape index (κ3) is 4.31. The number of amides is 1. The fourth-order valence-electron chi connectivity index (χ4n) is 4.46. The number of carbonyl (C=O) groups is 2. The summed E-state index contributed by atoms with van der Waals surface area (Å²) in [7, 11) is 0. The zero-order chi connectivity index (χ0) is 25.2. The molecule has 2 heterocycles. The summed E-state index contributed by atoms with van der Waals surface area (Å²) in [6.07, 6.45) is 1.36. The molecule has 0 bridgehead atoms. The van der Waals surface area contributed by atoms with Crippen LogP contribution in [0, 0.1) is 5.82 Å². The Balaban J connectivity index is 1.49. The van der Waals surface area contributed by atoms with Crippen LogP contribution < -0.4 is 10.2 Å². The fraction of sp³-hybridized carbons (Fsp3) is 0.185. The minimum absolute atomic E-state index is 0.101. The van der Waals surface area contributed by atoms with Crippen LogP contribution in [0.25, 0.3) is 10.8 Å². The maximum Gasteiger partial charge on any atom is 0.338 e. The Hall–Kier alpha value is -4.53. The quantitative estimate of drug-likeness (QED) is 0.406. The van der Waals surface area contributed by atoms with Gasteiger partial charge in [0.2, 0.25) is 11.9 Å². The topological polar surface area (TPSA) is 89.3 Å². The van der Waals surface area contributed by atoms with Crippen LogP contribution in [0.15, 0.2) is 84.3 Å². The van der Waals surface area contributed by atoms with E-state index in [9.17, 15) is 14.0 Å². The number of anilines is 2. The van der Waals surface area contributed by atoms with Crippen molar-refractivity contribution in [3.05, 3.63) is 95.7 Å². The first-order valence-corrected chi connectivity index (χ1v) is 11.6. The summed E-state index contributed by atoms with van der Waals surface area (Å²) >= 11 is 0. The average molecular weight is 486 g/mol. The van der Waals surface area contributed by atoms with E-state index in [1.807, 2.05) is 42.5 Å². The Morgan fingerprint density at radius 2 is 1.81 bits per heavy atom. The van der Waals surface area contributed by atoms with Crippen molar-refractivity contribution in [2.75, 3.05) is 23.4 Å². The number of nitrogens with one attached hydrogen (secondary N) is 1. The molecule has 0 spiro atoms. The molecule has 36 heavy (non-hydrogen) atoms.